The van der Waals surface area contributed by atoms with Crippen LogP contribution in [-0.4, -0.2) is 34.7 Å². The normalized spacial score (nSPS) is 11.7. The molecule has 0 aliphatic rings. The Balaban J connectivity index is 3.56. The van der Waals surface area contributed by atoms with E-state index < -0.39 is 24.5 Å². The highest BCUT2D eigenvalue weighted by Crippen LogP contribution is 2.18. The zero-order valence-electron chi connectivity index (χ0n) is 35.0. The van der Waals surface area contributed by atoms with Crippen molar-refractivity contribution in [1.29, 1.82) is 0 Å². The van der Waals surface area contributed by atoms with Crippen molar-refractivity contribution in [3.63, 3.8) is 0 Å². The number of hydrogen-bond acceptors (Lipinski definition) is 6. The van der Waals surface area contributed by atoms with Gasteiger partial charge in [0.15, 0.2) is 0 Å². The lowest BCUT2D eigenvalue weighted by Gasteiger charge is -2.24. The molecule has 0 aromatic rings. The minimum absolute atomic E-state index is 0.137. The van der Waals surface area contributed by atoms with Gasteiger partial charge in [-0.3, -0.25) is 9.59 Å². The van der Waals surface area contributed by atoms with Crippen LogP contribution in [0.2, 0.25) is 0 Å². The topological polar surface area (TPSA) is 93.1 Å². The van der Waals surface area contributed by atoms with Crippen LogP contribution >= 0.6 is 0 Å². The van der Waals surface area contributed by atoms with Gasteiger partial charge in [0.25, 0.3) is 0 Å². The summed E-state index contributed by atoms with van der Waals surface area (Å²) in [6.07, 6.45) is 49.1. The van der Waals surface area contributed by atoms with E-state index in [1.807, 2.05) is 0 Å². The number of esters is 2. The summed E-state index contributed by atoms with van der Waals surface area (Å²) in [4.78, 5) is 24.5. The van der Waals surface area contributed by atoms with Crippen molar-refractivity contribution in [1.82, 2.24) is 0 Å². The van der Waals surface area contributed by atoms with Gasteiger partial charge >= 0.3 is 17.9 Å². The number of unbranched alkanes of at least 4 members (excludes halogenated alkanes) is 36. The summed E-state index contributed by atoms with van der Waals surface area (Å²) in [5.74, 6) is -3.89. The van der Waals surface area contributed by atoms with Gasteiger partial charge in [-0.25, -0.2) is 0 Å². The zero-order valence-corrected chi connectivity index (χ0v) is 35.0. The molecule has 0 saturated carbocycles. The van der Waals surface area contributed by atoms with Crippen LogP contribution in [0.3, 0.4) is 0 Å². The predicted octanol–water partition coefficient (Wildman–Crippen LogP) is 14.4. The Bertz CT molecular complexity index is 684. The molecule has 0 aliphatic carbocycles. The van der Waals surface area contributed by atoms with Crippen molar-refractivity contribution in [2.24, 2.45) is 0 Å². The second kappa shape index (κ2) is 41.0. The first-order chi connectivity index (χ1) is 25.5. The van der Waals surface area contributed by atoms with E-state index in [0.29, 0.717) is 12.8 Å². The largest absolute Gasteiger partial charge is 0.398 e. The number of ether oxygens (including phenoxy) is 2. The SMILES string of the molecule is CCCCCCCCCCCCCCCCCCCCCC(=O)OC(O)(CO)OC(=O)CCCCCCCCCCCCCCCCCCCCC. The fourth-order valence-corrected chi connectivity index (χ4v) is 7.24. The Morgan fingerprint density at radius 3 is 0.692 bits per heavy atom. The van der Waals surface area contributed by atoms with Crippen LogP contribution in [0.5, 0.6) is 0 Å². The molecule has 0 rings (SSSR count). The molecule has 6 nitrogen and oxygen atoms in total. The fraction of sp³-hybridized carbons (Fsp3) is 0.957. The lowest BCUT2D eigenvalue weighted by molar-refractivity contribution is -0.337. The lowest BCUT2D eigenvalue weighted by atomic mass is 10.0. The van der Waals surface area contributed by atoms with Gasteiger partial charge in [0, 0.05) is 12.8 Å². The van der Waals surface area contributed by atoms with E-state index in [1.165, 1.54) is 205 Å². The molecule has 310 valence electrons. The summed E-state index contributed by atoms with van der Waals surface area (Å²) in [6, 6.07) is 0. The van der Waals surface area contributed by atoms with Crippen molar-refractivity contribution in [3.05, 3.63) is 0 Å². The molecule has 0 spiro atoms. The number of hydrogen-bond donors (Lipinski definition) is 2. The number of rotatable bonds is 43. The molecule has 2 N–H and O–H groups in total. The molecule has 0 fully saturated rings. The number of aliphatic hydroxyl groups excluding tert-OH is 1. The molecular weight excluding hydrogens is 648 g/mol. The Morgan fingerprint density at radius 2 is 0.519 bits per heavy atom. The van der Waals surface area contributed by atoms with E-state index in [-0.39, 0.29) is 12.8 Å². The molecule has 0 amide bonds. The summed E-state index contributed by atoms with van der Waals surface area (Å²) >= 11 is 0. The van der Waals surface area contributed by atoms with Gasteiger partial charge in [0.05, 0.1) is 0 Å². The van der Waals surface area contributed by atoms with Gasteiger partial charge < -0.3 is 19.7 Å². The third-order valence-electron chi connectivity index (χ3n) is 10.7. The van der Waals surface area contributed by atoms with Gasteiger partial charge in [-0.15, -0.1) is 0 Å². The minimum Gasteiger partial charge on any atom is -0.396 e. The maximum absolute atomic E-state index is 12.2. The minimum atomic E-state index is -2.59. The molecule has 0 saturated heterocycles. The molecule has 0 atom stereocenters. The van der Waals surface area contributed by atoms with Crippen molar-refractivity contribution in [2.75, 3.05) is 6.61 Å². The lowest BCUT2D eigenvalue weighted by Crippen LogP contribution is -2.43. The van der Waals surface area contributed by atoms with Crippen molar-refractivity contribution < 1.29 is 29.3 Å². The van der Waals surface area contributed by atoms with Gasteiger partial charge in [-0.05, 0) is 12.8 Å². The summed E-state index contributed by atoms with van der Waals surface area (Å²) in [5.41, 5.74) is 0. The number of carbonyl (C=O) groups is 2. The van der Waals surface area contributed by atoms with Crippen LogP contribution in [0.4, 0.5) is 0 Å². The smallest absolute Gasteiger partial charge is 0.396 e. The van der Waals surface area contributed by atoms with Crippen molar-refractivity contribution >= 4 is 11.9 Å². The Hall–Kier alpha value is -1.14. The van der Waals surface area contributed by atoms with Gasteiger partial charge in [-0.2, -0.15) is 0 Å². The molecule has 0 heterocycles. The monoisotopic (exact) mass is 739 g/mol. The molecule has 0 unspecified atom stereocenters. The van der Waals surface area contributed by atoms with Gasteiger partial charge in [-0.1, -0.05) is 245 Å². The zero-order chi connectivity index (χ0) is 38.1. The number of aliphatic hydroxyl groups is 2. The van der Waals surface area contributed by atoms with Crippen LogP contribution in [-0.2, 0) is 19.1 Å². The third-order valence-corrected chi connectivity index (χ3v) is 10.7. The maximum Gasteiger partial charge on any atom is 0.398 e. The first kappa shape index (κ1) is 50.9. The summed E-state index contributed by atoms with van der Waals surface area (Å²) < 4.78 is 9.92. The summed E-state index contributed by atoms with van der Waals surface area (Å²) in [6.45, 7) is 3.58. The van der Waals surface area contributed by atoms with E-state index in [9.17, 15) is 19.8 Å². The van der Waals surface area contributed by atoms with E-state index in [1.54, 1.807) is 0 Å². The Labute approximate surface area is 323 Å². The van der Waals surface area contributed by atoms with Gasteiger partial charge in [0.2, 0.25) is 0 Å². The van der Waals surface area contributed by atoms with Crippen LogP contribution < -0.4 is 0 Å². The molecule has 0 aliphatic heterocycles. The third kappa shape index (κ3) is 38.6. The average molecular weight is 739 g/mol. The molecule has 0 aromatic carbocycles. The van der Waals surface area contributed by atoms with Crippen LogP contribution in [0.15, 0.2) is 0 Å². The second-order valence-corrected chi connectivity index (χ2v) is 16.0. The Morgan fingerprint density at radius 1 is 0.346 bits per heavy atom. The van der Waals surface area contributed by atoms with Crippen LogP contribution in [0.1, 0.15) is 271 Å². The molecular formula is C46H90O6. The fourth-order valence-electron chi connectivity index (χ4n) is 7.24. The predicted molar refractivity (Wildman–Crippen MR) is 220 cm³/mol. The molecule has 0 radical (unpaired) electrons. The van der Waals surface area contributed by atoms with Crippen molar-refractivity contribution in [2.45, 2.75) is 277 Å². The molecule has 52 heavy (non-hydrogen) atoms. The van der Waals surface area contributed by atoms with E-state index >= 15 is 0 Å². The second-order valence-electron chi connectivity index (χ2n) is 16.0. The molecule has 0 bridgehead atoms. The summed E-state index contributed by atoms with van der Waals surface area (Å²) in [7, 11) is 0. The van der Waals surface area contributed by atoms with Crippen molar-refractivity contribution in [3.8, 4) is 0 Å². The van der Waals surface area contributed by atoms with Crippen LogP contribution in [0, 0.1) is 0 Å². The highest BCUT2D eigenvalue weighted by Gasteiger charge is 2.35. The quantitative estimate of drug-likeness (QED) is 0.0367. The maximum atomic E-state index is 12.2. The van der Waals surface area contributed by atoms with E-state index in [0.717, 1.165) is 25.7 Å². The first-order valence-electron chi connectivity index (χ1n) is 23.2. The first-order valence-corrected chi connectivity index (χ1v) is 23.2. The number of carbonyl (C=O) groups excluding carboxylic acids is 2. The van der Waals surface area contributed by atoms with E-state index in [4.69, 9.17) is 9.47 Å². The highest BCUT2D eigenvalue weighted by atomic mass is 16.8. The standard InChI is InChI=1S/C46H90O6/c1-3-5-7-9-11-13-15-17-19-21-23-25-27-29-31-33-35-37-39-41-44(48)51-46(50,43-47)52-45(49)42-40-38-36-34-32-30-28-26-24-22-20-18-16-14-12-10-8-6-4-2/h47,50H,3-43H2,1-2H3. The van der Waals surface area contributed by atoms with Gasteiger partial charge in [0.1, 0.15) is 6.61 Å². The molecule has 6 heteroatoms. The van der Waals surface area contributed by atoms with Crippen LogP contribution in [0.25, 0.3) is 0 Å². The summed E-state index contributed by atoms with van der Waals surface area (Å²) in [5, 5.41) is 19.9. The Kier molecular flexibility index (Phi) is 40.1. The molecule has 0 aromatic heterocycles. The van der Waals surface area contributed by atoms with E-state index in [2.05, 4.69) is 13.8 Å². The highest BCUT2D eigenvalue weighted by molar-refractivity contribution is 5.71. The average Bonchev–Trinajstić information content (AvgIpc) is 3.13.